The van der Waals surface area contributed by atoms with E-state index < -0.39 is 5.82 Å². The van der Waals surface area contributed by atoms with Gasteiger partial charge >= 0.3 is 6.03 Å². The van der Waals surface area contributed by atoms with Crippen LogP contribution in [-0.2, 0) is 4.79 Å². The van der Waals surface area contributed by atoms with E-state index in [1.165, 1.54) is 12.1 Å². The van der Waals surface area contributed by atoms with Crippen molar-refractivity contribution in [3.8, 4) is 5.75 Å². The number of nitrogens with one attached hydrogen (secondary N) is 1. The molecule has 1 aromatic carbocycles. The van der Waals surface area contributed by atoms with Crippen LogP contribution in [0.3, 0.4) is 0 Å². The summed E-state index contributed by atoms with van der Waals surface area (Å²) in [5.74, 6) is -0.636. The van der Waals surface area contributed by atoms with Crippen LogP contribution in [0, 0.1) is 5.82 Å². The van der Waals surface area contributed by atoms with E-state index >= 15 is 0 Å². The van der Waals surface area contributed by atoms with Gasteiger partial charge in [-0.1, -0.05) is 12.1 Å². The normalized spacial score (nSPS) is 14.8. The average Bonchev–Trinajstić information content (AvgIpc) is 2.53. The number of halogens is 1. The maximum Gasteiger partial charge on any atom is 0.317 e. The van der Waals surface area contributed by atoms with Crippen molar-refractivity contribution in [1.29, 1.82) is 0 Å². The van der Waals surface area contributed by atoms with E-state index in [9.17, 15) is 14.0 Å². The lowest BCUT2D eigenvalue weighted by Crippen LogP contribution is -2.54. The van der Waals surface area contributed by atoms with Gasteiger partial charge < -0.3 is 19.9 Å². The van der Waals surface area contributed by atoms with Crippen molar-refractivity contribution in [3.05, 3.63) is 30.1 Å². The number of hydrogen-bond donors (Lipinski definition) is 1. The fraction of sp³-hybridized carbons (Fsp3) is 0.500. The molecular formula is C16H22FN3O3. The van der Waals surface area contributed by atoms with Crippen LogP contribution in [0.2, 0.25) is 0 Å². The topological polar surface area (TPSA) is 61.9 Å². The van der Waals surface area contributed by atoms with E-state index in [4.69, 9.17) is 4.74 Å². The maximum absolute atomic E-state index is 13.4. The highest BCUT2D eigenvalue weighted by molar-refractivity contribution is 5.79. The highest BCUT2D eigenvalue weighted by atomic mass is 19.1. The molecule has 2 rings (SSSR count). The van der Waals surface area contributed by atoms with E-state index in [2.05, 4.69) is 5.32 Å². The fourth-order valence-corrected chi connectivity index (χ4v) is 2.29. The number of piperazine rings is 1. The Morgan fingerprint density at radius 2 is 1.78 bits per heavy atom. The molecule has 1 aliphatic heterocycles. The van der Waals surface area contributed by atoms with Gasteiger partial charge in [0.15, 0.2) is 18.2 Å². The van der Waals surface area contributed by atoms with Crippen LogP contribution in [0.1, 0.15) is 13.8 Å². The summed E-state index contributed by atoms with van der Waals surface area (Å²) in [7, 11) is 0. The molecule has 23 heavy (non-hydrogen) atoms. The van der Waals surface area contributed by atoms with Crippen molar-refractivity contribution in [1.82, 2.24) is 15.1 Å². The molecule has 0 spiro atoms. The maximum atomic E-state index is 13.4. The molecular weight excluding hydrogens is 301 g/mol. The molecule has 0 saturated carbocycles. The molecule has 6 nitrogen and oxygen atoms in total. The molecule has 3 amide bonds. The largest absolute Gasteiger partial charge is 0.481 e. The first-order valence-electron chi connectivity index (χ1n) is 7.68. The zero-order valence-corrected chi connectivity index (χ0v) is 13.4. The Bertz CT molecular complexity index is 557. The Labute approximate surface area is 135 Å². The van der Waals surface area contributed by atoms with E-state index in [0.717, 1.165) is 0 Å². The minimum absolute atomic E-state index is 0.0656. The SMILES string of the molecule is CC(C)NC(=O)N1CCN(C(=O)COc2ccccc2F)CC1. The van der Waals surface area contributed by atoms with Crippen LogP contribution >= 0.6 is 0 Å². The van der Waals surface area contributed by atoms with Crippen LogP contribution < -0.4 is 10.1 Å². The van der Waals surface area contributed by atoms with Gasteiger partial charge in [0.25, 0.3) is 5.91 Å². The third-order valence-electron chi connectivity index (χ3n) is 3.52. The number of nitrogens with zero attached hydrogens (tertiary/aromatic N) is 2. The first-order valence-corrected chi connectivity index (χ1v) is 7.68. The Balaban J connectivity index is 1.77. The molecule has 1 aliphatic rings. The van der Waals surface area contributed by atoms with Crippen LogP contribution in [0.4, 0.5) is 9.18 Å². The Kier molecular flexibility index (Phi) is 5.78. The van der Waals surface area contributed by atoms with Gasteiger partial charge in [-0.2, -0.15) is 0 Å². The van der Waals surface area contributed by atoms with Gasteiger partial charge in [0.2, 0.25) is 0 Å². The second-order valence-electron chi connectivity index (χ2n) is 5.69. The van der Waals surface area contributed by atoms with Gasteiger partial charge in [-0.3, -0.25) is 4.79 Å². The lowest BCUT2D eigenvalue weighted by molar-refractivity contribution is -0.134. The Morgan fingerprint density at radius 1 is 1.17 bits per heavy atom. The van der Waals surface area contributed by atoms with Crippen molar-refractivity contribution in [2.75, 3.05) is 32.8 Å². The molecule has 0 bridgehead atoms. The van der Waals surface area contributed by atoms with Crippen molar-refractivity contribution >= 4 is 11.9 Å². The van der Waals surface area contributed by atoms with Crippen molar-refractivity contribution in [2.45, 2.75) is 19.9 Å². The number of para-hydroxylation sites is 1. The highest BCUT2D eigenvalue weighted by Crippen LogP contribution is 2.15. The predicted octanol–water partition coefficient (Wildman–Crippen LogP) is 1.47. The predicted molar refractivity (Wildman–Crippen MR) is 83.7 cm³/mol. The summed E-state index contributed by atoms with van der Waals surface area (Å²) in [5, 5.41) is 2.83. The molecule has 7 heteroatoms. The second-order valence-corrected chi connectivity index (χ2v) is 5.69. The number of urea groups is 1. The molecule has 1 heterocycles. The first-order chi connectivity index (χ1) is 11.0. The number of amides is 3. The molecule has 0 unspecified atom stereocenters. The molecule has 1 fully saturated rings. The van der Waals surface area contributed by atoms with Crippen molar-refractivity contribution in [3.63, 3.8) is 0 Å². The Hall–Kier alpha value is -2.31. The van der Waals surface area contributed by atoms with Gasteiger partial charge in [0.05, 0.1) is 0 Å². The number of benzene rings is 1. The minimum Gasteiger partial charge on any atom is -0.481 e. The third kappa shape index (κ3) is 4.84. The van der Waals surface area contributed by atoms with Crippen LogP contribution in [0.5, 0.6) is 5.75 Å². The summed E-state index contributed by atoms with van der Waals surface area (Å²) in [4.78, 5) is 27.3. The van der Waals surface area contributed by atoms with Crippen molar-refractivity contribution in [2.24, 2.45) is 0 Å². The Morgan fingerprint density at radius 3 is 2.39 bits per heavy atom. The molecule has 1 N–H and O–H groups in total. The van der Waals surface area contributed by atoms with Gasteiger partial charge in [0, 0.05) is 32.2 Å². The molecule has 0 atom stereocenters. The van der Waals surface area contributed by atoms with E-state index in [0.29, 0.717) is 26.2 Å². The number of carbonyl (C=O) groups excluding carboxylic acids is 2. The highest BCUT2D eigenvalue weighted by Gasteiger charge is 2.24. The van der Waals surface area contributed by atoms with Gasteiger partial charge in [-0.15, -0.1) is 0 Å². The molecule has 126 valence electrons. The average molecular weight is 323 g/mol. The summed E-state index contributed by atoms with van der Waals surface area (Å²) in [6.07, 6.45) is 0. The molecule has 0 radical (unpaired) electrons. The number of ether oxygens (including phenoxy) is 1. The summed E-state index contributed by atoms with van der Waals surface area (Å²) >= 11 is 0. The number of rotatable bonds is 4. The zero-order chi connectivity index (χ0) is 16.8. The quantitative estimate of drug-likeness (QED) is 0.913. The molecule has 1 aromatic rings. The summed E-state index contributed by atoms with van der Waals surface area (Å²) in [6, 6.07) is 5.94. The van der Waals surface area contributed by atoms with Gasteiger partial charge in [-0.25, -0.2) is 9.18 Å². The molecule has 0 aliphatic carbocycles. The van der Waals surface area contributed by atoms with Crippen LogP contribution in [0.15, 0.2) is 24.3 Å². The van der Waals surface area contributed by atoms with E-state index in [1.807, 2.05) is 13.8 Å². The lowest BCUT2D eigenvalue weighted by Gasteiger charge is -2.35. The summed E-state index contributed by atoms with van der Waals surface area (Å²) in [5.41, 5.74) is 0. The van der Waals surface area contributed by atoms with Crippen molar-refractivity contribution < 1.29 is 18.7 Å². The van der Waals surface area contributed by atoms with E-state index in [-0.39, 0.29) is 30.3 Å². The van der Waals surface area contributed by atoms with Crippen LogP contribution in [-0.4, -0.2) is 60.6 Å². The van der Waals surface area contributed by atoms with Crippen LogP contribution in [0.25, 0.3) is 0 Å². The lowest BCUT2D eigenvalue weighted by atomic mass is 10.3. The third-order valence-corrected chi connectivity index (χ3v) is 3.52. The van der Waals surface area contributed by atoms with E-state index in [1.54, 1.807) is 21.9 Å². The first kappa shape index (κ1) is 17.1. The van der Waals surface area contributed by atoms with Gasteiger partial charge in [0.1, 0.15) is 0 Å². The number of carbonyl (C=O) groups is 2. The smallest absolute Gasteiger partial charge is 0.317 e. The standard InChI is InChI=1S/C16H22FN3O3/c1-12(2)18-16(22)20-9-7-19(8-10-20)15(21)11-23-14-6-4-3-5-13(14)17/h3-6,12H,7-11H2,1-2H3,(H,18,22). The fourth-order valence-electron chi connectivity index (χ4n) is 2.29. The molecule has 1 saturated heterocycles. The van der Waals surface area contributed by atoms with Gasteiger partial charge in [-0.05, 0) is 26.0 Å². The monoisotopic (exact) mass is 323 g/mol. The minimum atomic E-state index is -0.490. The molecule has 0 aromatic heterocycles. The summed E-state index contributed by atoms with van der Waals surface area (Å²) < 4.78 is 18.6. The number of hydrogen-bond acceptors (Lipinski definition) is 3. The zero-order valence-electron chi connectivity index (χ0n) is 13.4. The second kappa shape index (κ2) is 7.80. The summed E-state index contributed by atoms with van der Waals surface area (Å²) in [6.45, 7) is 5.44.